The minimum absolute atomic E-state index is 0.0397. The number of thioether (sulfide) groups is 1. The zero-order chi connectivity index (χ0) is 26.7. The number of rotatable bonds is 6. The van der Waals surface area contributed by atoms with E-state index in [9.17, 15) is 32.8 Å². The van der Waals surface area contributed by atoms with Crippen molar-refractivity contribution < 1.29 is 27.6 Å². The number of amides is 1. The van der Waals surface area contributed by atoms with Crippen molar-refractivity contribution in [2.24, 2.45) is 0 Å². The number of anilines is 1. The summed E-state index contributed by atoms with van der Waals surface area (Å²) in [4.78, 5) is 37.1. The topological polar surface area (TPSA) is 99.1 Å². The van der Waals surface area contributed by atoms with E-state index in [1.807, 2.05) is 6.07 Å². The molecule has 2 aliphatic rings. The standard InChI is InChI=1S/C27H22F3N3O3S/c1-15(34)16-6-4-7-17(12-16)32-23(36)14-37-26-19(13-31)24(25-21(33-26)10-5-11-22(25)35)18-8-2-3-9-20(18)27(28,29)30/h2-4,6-9,12,24,33H,5,10-11,14H2,1H3,(H,32,36)/t24-/m1/s1. The number of benzene rings is 2. The number of ketones is 2. The molecule has 1 amide bonds. The molecule has 6 nitrogen and oxygen atoms in total. The highest BCUT2D eigenvalue weighted by Crippen LogP contribution is 2.47. The van der Waals surface area contributed by atoms with Gasteiger partial charge in [-0.1, -0.05) is 42.1 Å². The summed E-state index contributed by atoms with van der Waals surface area (Å²) in [6.45, 7) is 1.41. The van der Waals surface area contributed by atoms with Crippen molar-refractivity contribution in [1.82, 2.24) is 5.32 Å². The molecule has 0 bridgehead atoms. The molecule has 0 fully saturated rings. The average molecular weight is 526 g/mol. The van der Waals surface area contributed by atoms with Crippen LogP contribution in [0.15, 0.2) is 70.4 Å². The van der Waals surface area contributed by atoms with Crippen LogP contribution in [-0.2, 0) is 15.8 Å². The van der Waals surface area contributed by atoms with Gasteiger partial charge in [-0.15, -0.1) is 0 Å². The summed E-state index contributed by atoms with van der Waals surface area (Å²) in [7, 11) is 0. The fourth-order valence-electron chi connectivity index (χ4n) is 4.51. The van der Waals surface area contributed by atoms with Crippen LogP contribution >= 0.6 is 11.8 Å². The maximum Gasteiger partial charge on any atom is 0.416 e. The lowest BCUT2D eigenvalue weighted by Crippen LogP contribution is -2.32. The van der Waals surface area contributed by atoms with Crippen molar-refractivity contribution in [1.29, 1.82) is 5.26 Å². The van der Waals surface area contributed by atoms with Crippen LogP contribution in [0.4, 0.5) is 18.9 Å². The smallest absolute Gasteiger partial charge is 0.352 e. The van der Waals surface area contributed by atoms with E-state index in [1.165, 1.54) is 25.1 Å². The second-order valence-corrected chi connectivity index (χ2v) is 9.63. The van der Waals surface area contributed by atoms with Gasteiger partial charge in [0, 0.05) is 28.9 Å². The normalized spacial score (nSPS) is 17.6. The Hall–Kier alpha value is -3.84. The molecule has 1 aliphatic heterocycles. The van der Waals surface area contributed by atoms with Gasteiger partial charge in [-0.05, 0) is 43.5 Å². The van der Waals surface area contributed by atoms with E-state index in [2.05, 4.69) is 10.6 Å². The second-order valence-electron chi connectivity index (χ2n) is 8.64. The Morgan fingerprint density at radius 1 is 1.16 bits per heavy atom. The number of Topliss-reactive ketones (excluding diaryl/α,β-unsaturated/α-hetero) is 2. The lowest BCUT2D eigenvalue weighted by atomic mass is 9.75. The molecule has 1 heterocycles. The minimum atomic E-state index is -4.68. The predicted octanol–water partition coefficient (Wildman–Crippen LogP) is 5.71. The van der Waals surface area contributed by atoms with Gasteiger partial charge in [0.25, 0.3) is 0 Å². The molecule has 1 atom stereocenters. The Labute approximate surface area is 215 Å². The molecule has 0 radical (unpaired) electrons. The molecule has 2 N–H and O–H groups in total. The molecule has 2 aromatic rings. The molecule has 4 rings (SSSR count). The zero-order valence-electron chi connectivity index (χ0n) is 19.7. The van der Waals surface area contributed by atoms with Crippen molar-refractivity contribution >= 4 is 34.9 Å². The number of allylic oxidation sites excluding steroid dienone is 3. The van der Waals surface area contributed by atoms with Crippen LogP contribution in [0.25, 0.3) is 0 Å². The van der Waals surface area contributed by atoms with Gasteiger partial charge >= 0.3 is 6.18 Å². The molecule has 190 valence electrons. The predicted molar refractivity (Wildman–Crippen MR) is 133 cm³/mol. The van der Waals surface area contributed by atoms with Crippen LogP contribution in [-0.4, -0.2) is 23.2 Å². The Balaban J connectivity index is 1.67. The maximum absolute atomic E-state index is 13.9. The fourth-order valence-corrected chi connectivity index (χ4v) is 5.37. The zero-order valence-corrected chi connectivity index (χ0v) is 20.6. The third kappa shape index (κ3) is 5.62. The molecule has 2 aromatic carbocycles. The largest absolute Gasteiger partial charge is 0.416 e. The van der Waals surface area contributed by atoms with E-state index in [-0.39, 0.29) is 45.5 Å². The van der Waals surface area contributed by atoms with Gasteiger partial charge < -0.3 is 10.6 Å². The summed E-state index contributed by atoms with van der Waals surface area (Å²) in [6, 6.07) is 13.4. The molecule has 10 heteroatoms. The van der Waals surface area contributed by atoms with Crippen LogP contribution < -0.4 is 10.6 Å². The maximum atomic E-state index is 13.9. The number of nitrogens with zero attached hydrogens (tertiary/aromatic N) is 1. The summed E-state index contributed by atoms with van der Waals surface area (Å²) < 4.78 is 41.7. The molecule has 0 unspecified atom stereocenters. The summed E-state index contributed by atoms with van der Waals surface area (Å²) in [5.74, 6) is -2.22. The van der Waals surface area contributed by atoms with E-state index in [1.54, 1.807) is 24.3 Å². The van der Waals surface area contributed by atoms with E-state index in [4.69, 9.17) is 0 Å². The number of nitriles is 1. The van der Waals surface area contributed by atoms with Crippen LogP contribution in [0.2, 0.25) is 0 Å². The van der Waals surface area contributed by atoms with Crippen LogP contribution in [0.3, 0.4) is 0 Å². The van der Waals surface area contributed by atoms with E-state index < -0.39 is 23.6 Å². The third-order valence-electron chi connectivity index (χ3n) is 6.14. The molecule has 0 saturated heterocycles. The van der Waals surface area contributed by atoms with Crippen molar-refractivity contribution in [3.63, 3.8) is 0 Å². The Kier molecular flexibility index (Phi) is 7.55. The quantitative estimate of drug-likeness (QED) is 0.469. The molecule has 0 saturated carbocycles. The number of carbonyl (C=O) groups excluding carboxylic acids is 3. The van der Waals surface area contributed by atoms with Crippen LogP contribution in [0, 0.1) is 11.3 Å². The molecular weight excluding hydrogens is 503 g/mol. The van der Waals surface area contributed by atoms with Crippen molar-refractivity contribution in [2.75, 3.05) is 11.1 Å². The lowest BCUT2D eigenvalue weighted by Gasteiger charge is -2.34. The van der Waals surface area contributed by atoms with Gasteiger partial charge in [0.05, 0.1) is 33.9 Å². The molecule has 1 aliphatic carbocycles. The van der Waals surface area contributed by atoms with Gasteiger partial charge in [0.1, 0.15) is 0 Å². The fraction of sp³-hybridized carbons (Fsp3) is 0.259. The summed E-state index contributed by atoms with van der Waals surface area (Å²) in [5, 5.41) is 16.0. The van der Waals surface area contributed by atoms with Gasteiger partial charge in [0.2, 0.25) is 5.91 Å². The van der Waals surface area contributed by atoms with Crippen molar-refractivity contribution in [3.05, 3.63) is 87.1 Å². The van der Waals surface area contributed by atoms with Crippen molar-refractivity contribution in [2.45, 2.75) is 38.3 Å². The number of nitrogens with one attached hydrogen (secondary N) is 2. The SMILES string of the molecule is CC(=O)c1cccc(NC(=O)CSC2=C(C#N)[C@@H](c3ccccc3C(F)(F)F)C3=C(CCCC3=O)N2)c1. The number of alkyl halides is 3. The van der Waals surface area contributed by atoms with Crippen LogP contribution in [0.1, 0.15) is 53.6 Å². The summed E-state index contributed by atoms with van der Waals surface area (Å²) in [6.07, 6.45) is -3.51. The lowest BCUT2D eigenvalue weighted by molar-refractivity contribution is -0.138. The Morgan fingerprint density at radius 2 is 1.92 bits per heavy atom. The third-order valence-corrected chi connectivity index (χ3v) is 7.16. The highest BCUT2D eigenvalue weighted by atomic mass is 32.2. The van der Waals surface area contributed by atoms with Gasteiger partial charge in [-0.25, -0.2) is 0 Å². The van der Waals surface area contributed by atoms with Gasteiger partial charge in [-0.3, -0.25) is 14.4 Å². The van der Waals surface area contributed by atoms with E-state index in [0.29, 0.717) is 29.8 Å². The van der Waals surface area contributed by atoms with E-state index in [0.717, 1.165) is 17.8 Å². The monoisotopic (exact) mass is 525 g/mol. The second kappa shape index (κ2) is 10.6. The van der Waals surface area contributed by atoms with Gasteiger partial charge in [0.15, 0.2) is 11.6 Å². The molecule has 0 aromatic heterocycles. The average Bonchev–Trinajstić information content (AvgIpc) is 2.86. The minimum Gasteiger partial charge on any atom is -0.352 e. The molecular formula is C27H22F3N3O3S. The molecule has 0 spiro atoms. The first kappa shape index (κ1) is 26.2. The summed E-state index contributed by atoms with van der Waals surface area (Å²) in [5.41, 5.74) is 0.392. The highest BCUT2D eigenvalue weighted by Gasteiger charge is 2.42. The van der Waals surface area contributed by atoms with Gasteiger partial charge in [-0.2, -0.15) is 18.4 Å². The number of carbonyl (C=O) groups is 3. The molecule has 37 heavy (non-hydrogen) atoms. The number of halogens is 3. The summed E-state index contributed by atoms with van der Waals surface area (Å²) >= 11 is 0.977. The first-order valence-corrected chi connectivity index (χ1v) is 12.5. The number of hydrogen-bond donors (Lipinski definition) is 2. The number of dihydropyridines is 1. The number of hydrogen-bond acceptors (Lipinski definition) is 6. The first-order chi connectivity index (χ1) is 17.6. The van der Waals surface area contributed by atoms with Crippen LogP contribution in [0.5, 0.6) is 0 Å². The first-order valence-electron chi connectivity index (χ1n) is 11.5. The highest BCUT2D eigenvalue weighted by molar-refractivity contribution is 8.03. The van der Waals surface area contributed by atoms with E-state index >= 15 is 0 Å². The Morgan fingerprint density at radius 3 is 2.62 bits per heavy atom. The Bertz CT molecular complexity index is 1390. The van der Waals surface area contributed by atoms with Crippen molar-refractivity contribution in [3.8, 4) is 6.07 Å².